The summed E-state index contributed by atoms with van der Waals surface area (Å²) in [7, 11) is 0. The number of benzene rings is 1. The number of carbonyl (C=O) groups excluding carboxylic acids is 1. The van der Waals surface area contributed by atoms with Gasteiger partial charge in [-0.3, -0.25) is 4.79 Å². The van der Waals surface area contributed by atoms with Crippen LogP contribution in [0.15, 0.2) is 52.0 Å². The standard InChI is InChI=1S/C17H18F3NO3S/c1-11(12-5-7-13(25-2)8-6-12)21-15(22)10-16(23,17(18,19)20)14-4-3-9-24-14/h3-9,11,23H,10H2,1-2H3,(H,21,22). The van der Waals surface area contributed by atoms with Gasteiger partial charge in [0.2, 0.25) is 11.5 Å². The first-order chi connectivity index (χ1) is 11.7. The molecule has 0 bridgehead atoms. The molecule has 1 aromatic carbocycles. The molecule has 0 radical (unpaired) electrons. The van der Waals surface area contributed by atoms with Gasteiger partial charge in [-0.15, -0.1) is 11.8 Å². The summed E-state index contributed by atoms with van der Waals surface area (Å²) in [5.74, 6) is -1.65. The van der Waals surface area contributed by atoms with E-state index < -0.39 is 35.9 Å². The van der Waals surface area contributed by atoms with Crippen LogP contribution in [0.5, 0.6) is 0 Å². The van der Waals surface area contributed by atoms with E-state index in [1.165, 1.54) is 6.07 Å². The molecule has 2 N–H and O–H groups in total. The topological polar surface area (TPSA) is 62.5 Å². The average Bonchev–Trinajstić information content (AvgIpc) is 3.08. The zero-order valence-electron chi connectivity index (χ0n) is 13.6. The summed E-state index contributed by atoms with van der Waals surface area (Å²) in [5, 5.41) is 12.5. The lowest BCUT2D eigenvalue weighted by molar-refractivity contribution is -0.273. The van der Waals surface area contributed by atoms with E-state index in [0.29, 0.717) is 0 Å². The van der Waals surface area contributed by atoms with Crippen molar-refractivity contribution in [2.75, 3.05) is 6.26 Å². The minimum absolute atomic E-state index is 0.502. The summed E-state index contributed by atoms with van der Waals surface area (Å²) < 4.78 is 44.5. The predicted molar refractivity (Wildman–Crippen MR) is 88.1 cm³/mol. The van der Waals surface area contributed by atoms with Crippen molar-refractivity contribution in [3.63, 3.8) is 0 Å². The zero-order valence-corrected chi connectivity index (χ0v) is 14.4. The molecule has 0 saturated heterocycles. The SMILES string of the molecule is CSc1ccc(C(C)NC(=O)CC(O)(c2ccco2)C(F)(F)F)cc1. The van der Waals surface area contributed by atoms with Crippen LogP contribution in [0.25, 0.3) is 0 Å². The number of furan rings is 1. The first-order valence-electron chi connectivity index (χ1n) is 7.44. The third-order valence-corrected chi connectivity index (χ3v) is 4.55. The molecule has 136 valence electrons. The smallest absolute Gasteiger partial charge is 0.425 e. The Hall–Kier alpha value is -1.93. The summed E-state index contributed by atoms with van der Waals surface area (Å²) in [6.45, 7) is 1.66. The fourth-order valence-electron chi connectivity index (χ4n) is 2.34. The number of rotatable bonds is 6. The van der Waals surface area contributed by atoms with Crippen LogP contribution in [0.4, 0.5) is 13.2 Å². The van der Waals surface area contributed by atoms with Crippen LogP contribution >= 0.6 is 11.8 Å². The van der Waals surface area contributed by atoms with Gasteiger partial charge in [0.15, 0.2) is 0 Å². The molecule has 1 amide bonds. The number of hydrogen-bond acceptors (Lipinski definition) is 4. The molecular weight excluding hydrogens is 355 g/mol. The Morgan fingerprint density at radius 2 is 1.92 bits per heavy atom. The lowest BCUT2D eigenvalue weighted by Crippen LogP contribution is -2.46. The first-order valence-corrected chi connectivity index (χ1v) is 8.66. The van der Waals surface area contributed by atoms with E-state index in [1.807, 2.05) is 18.4 Å². The zero-order chi connectivity index (χ0) is 18.7. The molecule has 0 aliphatic rings. The van der Waals surface area contributed by atoms with E-state index in [2.05, 4.69) is 9.73 Å². The minimum Gasteiger partial charge on any atom is -0.466 e. The van der Waals surface area contributed by atoms with Crippen molar-refractivity contribution in [2.24, 2.45) is 0 Å². The van der Waals surface area contributed by atoms with Crippen molar-refractivity contribution in [3.8, 4) is 0 Å². The van der Waals surface area contributed by atoms with Crippen molar-refractivity contribution in [1.29, 1.82) is 0 Å². The number of amides is 1. The van der Waals surface area contributed by atoms with Gasteiger partial charge in [0.05, 0.1) is 18.7 Å². The van der Waals surface area contributed by atoms with Crippen LogP contribution in [0, 0.1) is 0 Å². The normalized spacial score (nSPS) is 15.4. The monoisotopic (exact) mass is 373 g/mol. The third kappa shape index (κ3) is 4.38. The van der Waals surface area contributed by atoms with Gasteiger partial charge in [0.25, 0.3) is 0 Å². The van der Waals surface area contributed by atoms with Crippen LogP contribution in [0.3, 0.4) is 0 Å². The van der Waals surface area contributed by atoms with Gasteiger partial charge in [-0.05, 0) is 43.0 Å². The second kappa shape index (κ2) is 7.53. The number of halogens is 3. The summed E-state index contributed by atoms with van der Waals surface area (Å²) >= 11 is 1.56. The number of thioether (sulfide) groups is 1. The Morgan fingerprint density at radius 3 is 2.40 bits per heavy atom. The van der Waals surface area contributed by atoms with Crippen LogP contribution in [-0.2, 0) is 10.4 Å². The van der Waals surface area contributed by atoms with E-state index in [1.54, 1.807) is 30.8 Å². The molecule has 1 heterocycles. The van der Waals surface area contributed by atoms with Gasteiger partial charge in [-0.1, -0.05) is 12.1 Å². The van der Waals surface area contributed by atoms with Gasteiger partial charge in [-0.25, -0.2) is 0 Å². The fourth-order valence-corrected chi connectivity index (χ4v) is 2.75. The molecule has 0 aliphatic heterocycles. The van der Waals surface area contributed by atoms with Crippen molar-refractivity contribution >= 4 is 17.7 Å². The molecule has 1 aromatic heterocycles. The highest BCUT2D eigenvalue weighted by molar-refractivity contribution is 7.98. The van der Waals surface area contributed by atoms with Crippen molar-refractivity contribution in [1.82, 2.24) is 5.32 Å². The van der Waals surface area contributed by atoms with E-state index in [0.717, 1.165) is 22.8 Å². The number of carbonyl (C=O) groups is 1. The summed E-state index contributed by atoms with van der Waals surface area (Å²) in [6.07, 6.45) is -3.30. The molecular formula is C17H18F3NO3S. The highest BCUT2D eigenvalue weighted by atomic mass is 32.2. The number of nitrogens with one attached hydrogen (secondary N) is 1. The van der Waals surface area contributed by atoms with Crippen LogP contribution in [0.2, 0.25) is 0 Å². The van der Waals surface area contributed by atoms with E-state index in [-0.39, 0.29) is 0 Å². The van der Waals surface area contributed by atoms with E-state index >= 15 is 0 Å². The van der Waals surface area contributed by atoms with Gasteiger partial charge < -0.3 is 14.8 Å². The lowest BCUT2D eigenvalue weighted by Gasteiger charge is -2.28. The molecule has 2 aromatic rings. The third-order valence-electron chi connectivity index (χ3n) is 3.81. The number of alkyl halides is 3. The largest absolute Gasteiger partial charge is 0.466 e. The minimum atomic E-state index is -5.05. The molecule has 2 rings (SSSR count). The first kappa shape index (κ1) is 19.4. The predicted octanol–water partition coefficient (Wildman–Crippen LogP) is 4.02. The van der Waals surface area contributed by atoms with E-state index in [9.17, 15) is 23.1 Å². The fraction of sp³-hybridized carbons (Fsp3) is 0.353. The molecule has 4 nitrogen and oxygen atoms in total. The van der Waals surface area contributed by atoms with E-state index in [4.69, 9.17) is 0 Å². The van der Waals surface area contributed by atoms with Gasteiger partial charge >= 0.3 is 6.18 Å². The highest BCUT2D eigenvalue weighted by Gasteiger charge is 2.58. The van der Waals surface area contributed by atoms with Crippen LogP contribution < -0.4 is 5.32 Å². The maximum atomic E-state index is 13.3. The highest BCUT2D eigenvalue weighted by Crippen LogP contribution is 2.41. The molecule has 0 fully saturated rings. The maximum Gasteiger partial charge on any atom is 0.425 e. The maximum absolute atomic E-state index is 13.3. The summed E-state index contributed by atoms with van der Waals surface area (Å²) in [5.41, 5.74) is -2.62. The van der Waals surface area contributed by atoms with Crippen molar-refractivity contribution in [2.45, 2.75) is 36.1 Å². The van der Waals surface area contributed by atoms with Gasteiger partial charge in [0, 0.05) is 4.90 Å². The molecule has 2 atom stereocenters. The second-order valence-electron chi connectivity index (χ2n) is 5.57. The Labute approximate surface area is 147 Å². The molecule has 0 aliphatic carbocycles. The Morgan fingerprint density at radius 1 is 1.28 bits per heavy atom. The van der Waals surface area contributed by atoms with Crippen molar-refractivity contribution < 1.29 is 27.5 Å². The molecule has 8 heteroatoms. The molecule has 2 unspecified atom stereocenters. The van der Waals surface area contributed by atoms with Crippen LogP contribution in [0.1, 0.15) is 30.7 Å². The molecule has 25 heavy (non-hydrogen) atoms. The Balaban J connectivity index is 2.11. The van der Waals surface area contributed by atoms with Crippen molar-refractivity contribution in [3.05, 3.63) is 54.0 Å². The van der Waals surface area contributed by atoms with Gasteiger partial charge in [0.1, 0.15) is 5.76 Å². The van der Waals surface area contributed by atoms with Crippen LogP contribution in [-0.4, -0.2) is 23.4 Å². The molecule has 0 spiro atoms. The average molecular weight is 373 g/mol. The quantitative estimate of drug-likeness (QED) is 0.751. The lowest BCUT2D eigenvalue weighted by atomic mass is 9.95. The summed E-state index contributed by atoms with van der Waals surface area (Å²) in [4.78, 5) is 13.1. The second-order valence-corrected chi connectivity index (χ2v) is 6.45. The summed E-state index contributed by atoms with van der Waals surface area (Å²) in [6, 6.07) is 9.01. The number of aliphatic hydroxyl groups is 1. The molecule has 0 saturated carbocycles. The Bertz CT molecular complexity index is 701. The number of hydrogen-bond donors (Lipinski definition) is 2. The van der Waals surface area contributed by atoms with Gasteiger partial charge in [-0.2, -0.15) is 13.2 Å². The Kier molecular flexibility index (Phi) is 5.84.